The summed E-state index contributed by atoms with van der Waals surface area (Å²) < 4.78 is 12.7. The van der Waals surface area contributed by atoms with Crippen LogP contribution in [-0.4, -0.2) is 42.0 Å². The van der Waals surface area contributed by atoms with Crippen LogP contribution in [0.25, 0.3) is 0 Å². The molecule has 1 aromatic carbocycles. The molecule has 0 unspecified atom stereocenters. The number of halogens is 2. The summed E-state index contributed by atoms with van der Waals surface area (Å²) in [6, 6.07) is 6.53. The molecule has 106 valence electrons. The van der Waals surface area contributed by atoms with E-state index in [1.54, 1.807) is 12.1 Å². The van der Waals surface area contributed by atoms with Crippen LogP contribution in [0.3, 0.4) is 0 Å². The number of benzene rings is 1. The molecule has 1 aliphatic heterocycles. The number of hydrogen-bond acceptors (Lipinski definition) is 2. The molecule has 1 aromatic rings. The minimum atomic E-state index is -0.201. The topological polar surface area (TPSA) is 41.6 Å². The molecule has 3 nitrogen and oxygen atoms in total. The average molecular weight is 395 g/mol. The van der Waals surface area contributed by atoms with E-state index in [4.69, 9.17) is 5.73 Å². The summed E-state index contributed by atoms with van der Waals surface area (Å²) >= 11 is 1.95. The predicted octanol–water partition coefficient (Wildman–Crippen LogP) is 2.35. The Labute approximate surface area is 134 Å². The van der Waals surface area contributed by atoms with Gasteiger partial charge in [0.1, 0.15) is 5.82 Å². The van der Waals surface area contributed by atoms with E-state index in [-0.39, 0.29) is 29.8 Å². The molecule has 1 aliphatic rings. The second-order valence-corrected chi connectivity index (χ2v) is 5.44. The lowest BCUT2D eigenvalue weighted by Crippen LogP contribution is -2.42. The fourth-order valence-corrected chi connectivity index (χ4v) is 2.75. The standard InChI is InChI=1S/C13H18FN3S.HI/c14-12-3-1-11(2-4-12)5-6-16-13(15)17-7-9-18-10-8-17;/h1-4H,5-10H2,(H2,15,16);1H. The van der Waals surface area contributed by atoms with Crippen molar-refractivity contribution in [2.75, 3.05) is 31.1 Å². The summed E-state index contributed by atoms with van der Waals surface area (Å²) in [5, 5.41) is 0. The van der Waals surface area contributed by atoms with Crippen molar-refractivity contribution in [1.82, 2.24) is 4.90 Å². The quantitative estimate of drug-likeness (QED) is 0.486. The van der Waals surface area contributed by atoms with Gasteiger partial charge in [0.15, 0.2) is 5.96 Å². The predicted molar refractivity (Wildman–Crippen MR) is 90.9 cm³/mol. The monoisotopic (exact) mass is 395 g/mol. The summed E-state index contributed by atoms with van der Waals surface area (Å²) in [4.78, 5) is 6.51. The van der Waals surface area contributed by atoms with Crippen LogP contribution in [0.4, 0.5) is 4.39 Å². The Morgan fingerprint density at radius 1 is 1.26 bits per heavy atom. The molecule has 0 saturated carbocycles. The molecule has 0 atom stereocenters. The van der Waals surface area contributed by atoms with Gasteiger partial charge in [0.2, 0.25) is 0 Å². The van der Waals surface area contributed by atoms with Gasteiger partial charge in [0, 0.05) is 31.1 Å². The van der Waals surface area contributed by atoms with E-state index in [1.165, 1.54) is 12.1 Å². The first-order chi connectivity index (χ1) is 8.75. The van der Waals surface area contributed by atoms with Crippen molar-refractivity contribution in [1.29, 1.82) is 0 Å². The fourth-order valence-electron chi connectivity index (χ4n) is 1.84. The molecule has 0 aromatic heterocycles. The molecule has 1 heterocycles. The Hall–Kier alpha value is -0.500. The molecule has 0 radical (unpaired) electrons. The van der Waals surface area contributed by atoms with Crippen LogP contribution in [0, 0.1) is 5.82 Å². The normalized spacial score (nSPS) is 16.1. The minimum absolute atomic E-state index is 0. The summed E-state index contributed by atoms with van der Waals surface area (Å²) in [7, 11) is 0. The first-order valence-corrected chi connectivity index (χ1v) is 7.28. The van der Waals surface area contributed by atoms with Gasteiger partial charge in [-0.25, -0.2) is 4.39 Å². The number of thioether (sulfide) groups is 1. The van der Waals surface area contributed by atoms with Crippen LogP contribution < -0.4 is 5.73 Å². The van der Waals surface area contributed by atoms with Gasteiger partial charge in [0.05, 0.1) is 0 Å². The summed E-state index contributed by atoms with van der Waals surface area (Å²) in [6.45, 7) is 2.62. The number of nitrogens with two attached hydrogens (primary N) is 1. The molecule has 0 bridgehead atoms. The molecule has 1 fully saturated rings. The van der Waals surface area contributed by atoms with Crippen LogP contribution in [0.5, 0.6) is 0 Å². The zero-order valence-electron chi connectivity index (χ0n) is 10.7. The lowest BCUT2D eigenvalue weighted by molar-refractivity contribution is 0.456. The Kier molecular flexibility index (Phi) is 7.52. The van der Waals surface area contributed by atoms with Crippen LogP contribution in [0.1, 0.15) is 5.56 Å². The molecule has 0 amide bonds. The third kappa shape index (κ3) is 5.56. The molecule has 19 heavy (non-hydrogen) atoms. The maximum Gasteiger partial charge on any atom is 0.191 e. The number of aliphatic imine (C=N–C) groups is 1. The van der Waals surface area contributed by atoms with Gasteiger partial charge < -0.3 is 10.6 Å². The summed E-state index contributed by atoms with van der Waals surface area (Å²) in [5.74, 6) is 2.67. The molecule has 6 heteroatoms. The third-order valence-electron chi connectivity index (χ3n) is 2.92. The van der Waals surface area contributed by atoms with Crippen LogP contribution >= 0.6 is 35.7 Å². The van der Waals surface area contributed by atoms with Gasteiger partial charge in [-0.15, -0.1) is 24.0 Å². The van der Waals surface area contributed by atoms with Crippen LogP contribution in [0.15, 0.2) is 29.3 Å². The van der Waals surface area contributed by atoms with Crippen LogP contribution in [0.2, 0.25) is 0 Å². The minimum Gasteiger partial charge on any atom is -0.370 e. The Balaban J connectivity index is 0.00000180. The Bertz CT molecular complexity index is 405. The zero-order chi connectivity index (χ0) is 12.8. The van der Waals surface area contributed by atoms with Gasteiger partial charge in [-0.05, 0) is 24.1 Å². The van der Waals surface area contributed by atoms with Crippen molar-refractivity contribution in [2.45, 2.75) is 6.42 Å². The van der Waals surface area contributed by atoms with Gasteiger partial charge >= 0.3 is 0 Å². The number of guanidine groups is 1. The number of rotatable bonds is 3. The van der Waals surface area contributed by atoms with Gasteiger partial charge in [0.25, 0.3) is 0 Å². The molecule has 2 rings (SSSR count). The van der Waals surface area contributed by atoms with E-state index in [2.05, 4.69) is 9.89 Å². The lowest BCUT2D eigenvalue weighted by atomic mass is 10.1. The first-order valence-electron chi connectivity index (χ1n) is 6.13. The first kappa shape index (κ1) is 16.6. The summed E-state index contributed by atoms with van der Waals surface area (Å²) in [5.41, 5.74) is 7.03. The van der Waals surface area contributed by atoms with E-state index >= 15 is 0 Å². The SMILES string of the molecule is I.NC(=NCCc1ccc(F)cc1)N1CCSCC1. The molecular weight excluding hydrogens is 376 g/mol. The van der Waals surface area contributed by atoms with E-state index in [9.17, 15) is 4.39 Å². The van der Waals surface area contributed by atoms with Gasteiger partial charge in [-0.3, -0.25) is 4.99 Å². The zero-order valence-corrected chi connectivity index (χ0v) is 13.9. The lowest BCUT2D eigenvalue weighted by Gasteiger charge is -2.27. The maximum absolute atomic E-state index is 12.7. The average Bonchev–Trinajstić information content (AvgIpc) is 2.42. The molecule has 1 saturated heterocycles. The van der Waals surface area contributed by atoms with E-state index < -0.39 is 0 Å². The molecular formula is C13H19FIN3S. The second-order valence-electron chi connectivity index (χ2n) is 4.22. The van der Waals surface area contributed by atoms with Crippen molar-refractivity contribution in [3.05, 3.63) is 35.6 Å². The highest BCUT2D eigenvalue weighted by atomic mass is 127. The van der Waals surface area contributed by atoms with E-state index in [0.717, 1.165) is 36.6 Å². The number of nitrogens with zero attached hydrogens (tertiary/aromatic N) is 2. The largest absolute Gasteiger partial charge is 0.370 e. The molecule has 2 N–H and O–H groups in total. The van der Waals surface area contributed by atoms with Crippen molar-refractivity contribution in [3.63, 3.8) is 0 Å². The highest BCUT2D eigenvalue weighted by Crippen LogP contribution is 2.08. The summed E-state index contributed by atoms with van der Waals surface area (Å²) in [6.07, 6.45) is 0.795. The third-order valence-corrected chi connectivity index (χ3v) is 3.87. The molecule has 0 spiro atoms. The van der Waals surface area contributed by atoms with E-state index in [0.29, 0.717) is 12.5 Å². The van der Waals surface area contributed by atoms with Crippen molar-refractivity contribution in [3.8, 4) is 0 Å². The van der Waals surface area contributed by atoms with Crippen molar-refractivity contribution in [2.24, 2.45) is 10.7 Å². The maximum atomic E-state index is 12.7. The Morgan fingerprint density at radius 3 is 2.53 bits per heavy atom. The van der Waals surface area contributed by atoms with Gasteiger partial charge in [-0.2, -0.15) is 11.8 Å². The van der Waals surface area contributed by atoms with Crippen LogP contribution in [-0.2, 0) is 6.42 Å². The second kappa shape index (κ2) is 8.63. The molecule has 0 aliphatic carbocycles. The number of hydrogen-bond donors (Lipinski definition) is 1. The highest BCUT2D eigenvalue weighted by Gasteiger charge is 2.11. The smallest absolute Gasteiger partial charge is 0.191 e. The van der Waals surface area contributed by atoms with E-state index in [1.807, 2.05) is 11.8 Å². The van der Waals surface area contributed by atoms with Crippen molar-refractivity contribution < 1.29 is 4.39 Å². The van der Waals surface area contributed by atoms with Gasteiger partial charge in [-0.1, -0.05) is 12.1 Å². The highest BCUT2D eigenvalue weighted by molar-refractivity contribution is 14.0. The Morgan fingerprint density at radius 2 is 1.89 bits per heavy atom. The fraction of sp³-hybridized carbons (Fsp3) is 0.462. The van der Waals surface area contributed by atoms with Crippen molar-refractivity contribution >= 4 is 41.7 Å².